The number of carbonyl (C=O) groups excluding carboxylic acids is 1. The molecular weight excluding hydrogens is 304 g/mol. The van der Waals surface area contributed by atoms with E-state index in [2.05, 4.69) is 47.7 Å². The van der Waals surface area contributed by atoms with E-state index >= 15 is 0 Å². The summed E-state index contributed by atoms with van der Waals surface area (Å²) in [7, 11) is -1.78. The molecule has 0 unspecified atom stereocenters. The van der Waals surface area contributed by atoms with Crippen LogP contribution >= 0.6 is 0 Å². The fourth-order valence-corrected chi connectivity index (χ4v) is 3.84. The number of carbonyl (C=O) groups is 1. The van der Waals surface area contributed by atoms with Crippen molar-refractivity contribution in [3.8, 4) is 0 Å². The summed E-state index contributed by atoms with van der Waals surface area (Å²) in [6.07, 6.45) is 6.40. The van der Waals surface area contributed by atoms with Gasteiger partial charge in [0.15, 0.2) is 8.32 Å². The monoisotopic (exact) mass is 344 g/mol. The summed E-state index contributed by atoms with van der Waals surface area (Å²) in [5, 5.41) is 0.219. The van der Waals surface area contributed by atoms with Crippen molar-refractivity contribution in [2.45, 2.75) is 104 Å². The first-order valence-corrected chi connectivity index (χ1v) is 12.3. The van der Waals surface area contributed by atoms with Gasteiger partial charge in [0.1, 0.15) is 0 Å². The standard InChI is InChI=1S/C19H40O3Si/c1-9-11-12-13-17(22-23(7,8)19(4,5)6)16(3)14-15-18(20)21-10-2/h16-17H,9-15H2,1-8H3/t16-,17-/m0/s1. The van der Waals surface area contributed by atoms with E-state index in [1.165, 1.54) is 19.3 Å². The molecule has 0 aromatic rings. The maximum Gasteiger partial charge on any atom is 0.305 e. The number of ether oxygens (including phenoxy) is 1. The molecule has 2 atom stereocenters. The van der Waals surface area contributed by atoms with Crippen LogP contribution < -0.4 is 0 Å². The fourth-order valence-electron chi connectivity index (χ4n) is 2.37. The predicted molar refractivity (Wildman–Crippen MR) is 101 cm³/mol. The van der Waals surface area contributed by atoms with Crippen LogP contribution in [0.4, 0.5) is 0 Å². The lowest BCUT2D eigenvalue weighted by atomic mass is 9.95. The van der Waals surface area contributed by atoms with Crippen LogP contribution in [0.3, 0.4) is 0 Å². The van der Waals surface area contributed by atoms with Crippen molar-refractivity contribution in [1.29, 1.82) is 0 Å². The van der Waals surface area contributed by atoms with Gasteiger partial charge in [0, 0.05) is 12.5 Å². The van der Waals surface area contributed by atoms with E-state index < -0.39 is 8.32 Å². The lowest BCUT2D eigenvalue weighted by molar-refractivity contribution is -0.143. The molecule has 0 rings (SSSR count). The van der Waals surface area contributed by atoms with Crippen molar-refractivity contribution in [2.75, 3.05) is 6.61 Å². The molecule has 0 heterocycles. The lowest BCUT2D eigenvalue weighted by Gasteiger charge is -2.41. The molecule has 0 N–H and O–H groups in total. The minimum absolute atomic E-state index is 0.0843. The van der Waals surface area contributed by atoms with Crippen LogP contribution in [0.1, 0.15) is 80.1 Å². The zero-order valence-electron chi connectivity index (χ0n) is 16.8. The van der Waals surface area contributed by atoms with Crippen LogP contribution in [0.25, 0.3) is 0 Å². The van der Waals surface area contributed by atoms with Crippen molar-refractivity contribution >= 4 is 14.3 Å². The average molecular weight is 345 g/mol. The molecule has 0 aliphatic carbocycles. The molecule has 0 spiro atoms. The number of unbranched alkanes of at least 4 members (excludes halogenated alkanes) is 2. The van der Waals surface area contributed by atoms with Gasteiger partial charge in [-0.15, -0.1) is 0 Å². The van der Waals surface area contributed by atoms with Gasteiger partial charge < -0.3 is 9.16 Å². The molecule has 0 radical (unpaired) electrons. The summed E-state index contributed by atoms with van der Waals surface area (Å²) in [6, 6.07) is 0. The van der Waals surface area contributed by atoms with Gasteiger partial charge in [0.25, 0.3) is 0 Å². The maximum atomic E-state index is 11.6. The first-order chi connectivity index (χ1) is 10.5. The molecule has 4 heteroatoms. The van der Waals surface area contributed by atoms with Gasteiger partial charge in [0.05, 0.1) is 6.61 Å². The Morgan fingerprint density at radius 3 is 2.17 bits per heavy atom. The SMILES string of the molecule is CCCCC[C@H](O[Si](C)(C)C(C)(C)C)[C@@H](C)CCC(=O)OCC. The highest BCUT2D eigenvalue weighted by Crippen LogP contribution is 2.39. The van der Waals surface area contributed by atoms with Crippen LogP contribution in [0.5, 0.6) is 0 Å². The lowest BCUT2D eigenvalue weighted by Crippen LogP contribution is -2.45. The van der Waals surface area contributed by atoms with Gasteiger partial charge in [-0.3, -0.25) is 4.79 Å². The number of esters is 1. The van der Waals surface area contributed by atoms with E-state index in [0.717, 1.165) is 12.8 Å². The van der Waals surface area contributed by atoms with Crippen molar-refractivity contribution in [1.82, 2.24) is 0 Å². The predicted octanol–water partition coefficient (Wildman–Crippen LogP) is 5.94. The molecule has 0 fully saturated rings. The highest BCUT2D eigenvalue weighted by molar-refractivity contribution is 6.74. The van der Waals surface area contributed by atoms with Crippen LogP contribution in [-0.2, 0) is 14.0 Å². The Morgan fingerprint density at radius 2 is 1.70 bits per heavy atom. The molecule has 0 saturated carbocycles. The van der Waals surface area contributed by atoms with E-state index in [1.54, 1.807) is 0 Å². The van der Waals surface area contributed by atoms with E-state index in [1.807, 2.05) is 6.92 Å². The second-order valence-electron chi connectivity index (χ2n) is 8.23. The van der Waals surface area contributed by atoms with E-state index in [9.17, 15) is 4.79 Å². The second kappa shape index (κ2) is 10.5. The molecule has 138 valence electrons. The van der Waals surface area contributed by atoms with Crippen molar-refractivity contribution < 1.29 is 14.0 Å². The van der Waals surface area contributed by atoms with Crippen LogP contribution in [0.2, 0.25) is 18.1 Å². The molecule has 0 aromatic carbocycles. The highest BCUT2D eigenvalue weighted by atomic mass is 28.4. The van der Waals surface area contributed by atoms with E-state index in [4.69, 9.17) is 9.16 Å². The Morgan fingerprint density at radius 1 is 1.09 bits per heavy atom. The molecule has 0 saturated heterocycles. The third-order valence-electron chi connectivity index (χ3n) is 5.09. The summed E-state index contributed by atoms with van der Waals surface area (Å²) in [5.41, 5.74) is 0. The molecule has 3 nitrogen and oxygen atoms in total. The molecule has 0 aliphatic rings. The Labute approximate surface area is 145 Å². The summed E-state index contributed by atoms with van der Waals surface area (Å²) >= 11 is 0. The second-order valence-corrected chi connectivity index (χ2v) is 13.0. The Hall–Kier alpha value is -0.353. The van der Waals surface area contributed by atoms with E-state index in [0.29, 0.717) is 18.9 Å². The quantitative estimate of drug-likeness (QED) is 0.264. The van der Waals surface area contributed by atoms with Gasteiger partial charge in [-0.2, -0.15) is 0 Å². The smallest absolute Gasteiger partial charge is 0.305 e. The highest BCUT2D eigenvalue weighted by Gasteiger charge is 2.39. The largest absolute Gasteiger partial charge is 0.466 e. The number of hydrogen-bond acceptors (Lipinski definition) is 3. The van der Waals surface area contributed by atoms with E-state index in [-0.39, 0.29) is 17.1 Å². The summed E-state index contributed by atoms with van der Waals surface area (Å²) in [5.74, 6) is 0.310. The summed E-state index contributed by atoms with van der Waals surface area (Å²) < 4.78 is 11.7. The Balaban J connectivity index is 4.75. The topological polar surface area (TPSA) is 35.5 Å². The molecule has 0 aliphatic heterocycles. The van der Waals surface area contributed by atoms with Gasteiger partial charge in [-0.25, -0.2) is 0 Å². The molecule has 23 heavy (non-hydrogen) atoms. The summed E-state index contributed by atoms with van der Waals surface area (Å²) in [6.45, 7) is 18.3. The first kappa shape index (κ1) is 22.6. The Kier molecular flexibility index (Phi) is 10.3. The van der Waals surface area contributed by atoms with Crippen molar-refractivity contribution in [3.63, 3.8) is 0 Å². The Bertz CT molecular complexity index is 334. The zero-order valence-corrected chi connectivity index (χ0v) is 17.8. The third-order valence-corrected chi connectivity index (χ3v) is 9.59. The maximum absolute atomic E-state index is 11.6. The van der Waals surface area contributed by atoms with Gasteiger partial charge >= 0.3 is 5.97 Å². The molecule has 0 aromatic heterocycles. The minimum atomic E-state index is -1.78. The van der Waals surface area contributed by atoms with Crippen LogP contribution in [0, 0.1) is 5.92 Å². The minimum Gasteiger partial charge on any atom is -0.466 e. The van der Waals surface area contributed by atoms with Crippen LogP contribution in [0.15, 0.2) is 0 Å². The molecular formula is C19H40O3Si. The van der Waals surface area contributed by atoms with Crippen molar-refractivity contribution in [2.24, 2.45) is 5.92 Å². The number of rotatable bonds is 11. The normalized spacial score (nSPS) is 15.3. The summed E-state index contributed by atoms with van der Waals surface area (Å²) in [4.78, 5) is 11.6. The van der Waals surface area contributed by atoms with Crippen molar-refractivity contribution in [3.05, 3.63) is 0 Å². The van der Waals surface area contributed by atoms with Gasteiger partial charge in [-0.05, 0) is 43.8 Å². The average Bonchev–Trinajstić information content (AvgIpc) is 2.43. The molecule has 0 bridgehead atoms. The number of hydrogen-bond donors (Lipinski definition) is 0. The fraction of sp³-hybridized carbons (Fsp3) is 0.947. The zero-order chi connectivity index (χ0) is 18.1. The van der Waals surface area contributed by atoms with Gasteiger partial charge in [0.2, 0.25) is 0 Å². The van der Waals surface area contributed by atoms with Crippen LogP contribution in [-0.4, -0.2) is 27.0 Å². The first-order valence-electron chi connectivity index (χ1n) is 9.38. The third kappa shape index (κ3) is 8.90. The van der Waals surface area contributed by atoms with Gasteiger partial charge in [-0.1, -0.05) is 53.9 Å². The molecule has 0 amide bonds.